The van der Waals surface area contributed by atoms with E-state index in [2.05, 4.69) is 4.90 Å². The molecule has 1 aliphatic carbocycles. The molecule has 2 aromatic rings. The van der Waals surface area contributed by atoms with E-state index >= 15 is 0 Å². The first-order valence-electron chi connectivity index (χ1n) is 11.7. The highest BCUT2D eigenvalue weighted by Crippen LogP contribution is 2.39. The lowest BCUT2D eigenvalue weighted by Gasteiger charge is -2.44. The summed E-state index contributed by atoms with van der Waals surface area (Å²) in [6.07, 6.45) is 1.89. The number of hydrogen-bond donors (Lipinski definition) is 1. The fraction of sp³-hybridized carbons (Fsp3) is 0.583. The Morgan fingerprint density at radius 1 is 1.06 bits per heavy atom. The van der Waals surface area contributed by atoms with E-state index in [0.717, 1.165) is 31.9 Å². The van der Waals surface area contributed by atoms with Crippen LogP contribution in [0.2, 0.25) is 0 Å². The minimum atomic E-state index is -4.78. The van der Waals surface area contributed by atoms with Crippen molar-refractivity contribution < 1.29 is 26.7 Å². The molecule has 1 aliphatic heterocycles. The van der Waals surface area contributed by atoms with Crippen molar-refractivity contribution in [2.45, 2.75) is 67.5 Å². The van der Waals surface area contributed by atoms with Crippen LogP contribution in [0.1, 0.15) is 51.0 Å². The van der Waals surface area contributed by atoms with Crippen LogP contribution in [-0.4, -0.2) is 49.7 Å². The molecule has 2 heterocycles. The summed E-state index contributed by atoms with van der Waals surface area (Å²) in [4.78, 5) is 2.13. The van der Waals surface area contributed by atoms with Gasteiger partial charge < -0.3 is 10.0 Å². The van der Waals surface area contributed by atoms with Crippen LogP contribution in [0.25, 0.3) is 0 Å². The summed E-state index contributed by atoms with van der Waals surface area (Å²) in [6.45, 7) is 1.86. The molecule has 1 saturated carbocycles. The Bertz CT molecular complexity index is 1050. The molecule has 188 valence electrons. The maximum Gasteiger partial charge on any atom is 0.421 e. The average Bonchev–Trinajstić information content (AvgIpc) is 3.35. The topological polar surface area (TPSA) is 60.9 Å². The highest BCUT2D eigenvalue weighted by Gasteiger charge is 2.51. The largest absolute Gasteiger partial charge is 0.421 e. The molecular weight excluding hydrogens is 485 g/mol. The summed E-state index contributed by atoms with van der Waals surface area (Å²) < 4.78 is 67.9. The number of alkyl halides is 3. The fourth-order valence-corrected chi connectivity index (χ4v) is 7.69. The molecule has 0 spiro atoms. The second-order valence-corrected chi connectivity index (χ2v) is 12.6. The maximum atomic E-state index is 13.2. The molecule has 2 fully saturated rings. The van der Waals surface area contributed by atoms with Crippen molar-refractivity contribution in [3.63, 3.8) is 0 Å². The third-order valence-electron chi connectivity index (χ3n) is 7.18. The van der Waals surface area contributed by atoms with Gasteiger partial charge in [-0.05, 0) is 48.4 Å². The van der Waals surface area contributed by atoms with Crippen molar-refractivity contribution in [1.82, 2.24) is 4.31 Å². The smallest absolute Gasteiger partial charge is 0.376 e. The zero-order chi connectivity index (χ0) is 24.6. The normalized spacial score (nSPS) is 23.1. The second-order valence-electron chi connectivity index (χ2n) is 9.50. The zero-order valence-corrected chi connectivity index (χ0v) is 20.8. The number of anilines is 1. The van der Waals surface area contributed by atoms with E-state index in [1.807, 2.05) is 0 Å². The van der Waals surface area contributed by atoms with Crippen LogP contribution in [0.4, 0.5) is 18.9 Å². The van der Waals surface area contributed by atoms with Gasteiger partial charge >= 0.3 is 6.18 Å². The van der Waals surface area contributed by atoms with Crippen LogP contribution < -0.4 is 4.90 Å². The predicted molar refractivity (Wildman–Crippen MR) is 127 cm³/mol. The number of halogens is 3. The Kier molecular flexibility index (Phi) is 7.34. The van der Waals surface area contributed by atoms with Crippen molar-refractivity contribution in [2.24, 2.45) is 5.92 Å². The van der Waals surface area contributed by atoms with E-state index in [4.69, 9.17) is 0 Å². The molecule has 0 unspecified atom stereocenters. The minimum absolute atomic E-state index is 0.0689. The van der Waals surface area contributed by atoms with Crippen LogP contribution in [0.5, 0.6) is 0 Å². The first-order chi connectivity index (χ1) is 16.0. The maximum absolute atomic E-state index is 13.2. The standard InChI is InChI=1S/C24H31F3N2O3S2/c1-23(30,24(25,26)27)19-9-11-20(12-10-19)29-14-13-28(34(31,32)22-8-5-15-33-22)17-21(29)16-18-6-3-2-4-7-18/h5,8-12,15,18,21,30H,2-4,6-7,13-14,16-17H2,1H3/t21-,23+/m1/s1. The van der Waals surface area contributed by atoms with Gasteiger partial charge in [0.05, 0.1) is 0 Å². The molecule has 1 N–H and O–H groups in total. The van der Waals surface area contributed by atoms with Crippen LogP contribution in [0.15, 0.2) is 46.0 Å². The first-order valence-corrected chi connectivity index (χ1v) is 14.0. The minimum Gasteiger partial charge on any atom is -0.376 e. The zero-order valence-electron chi connectivity index (χ0n) is 19.2. The van der Waals surface area contributed by atoms with Crippen molar-refractivity contribution >= 4 is 27.0 Å². The van der Waals surface area contributed by atoms with E-state index in [1.165, 1.54) is 42.7 Å². The molecule has 34 heavy (non-hydrogen) atoms. The van der Waals surface area contributed by atoms with Gasteiger partial charge in [-0.2, -0.15) is 17.5 Å². The molecule has 0 radical (unpaired) electrons. The number of piperazine rings is 1. The van der Waals surface area contributed by atoms with Crippen LogP contribution in [0.3, 0.4) is 0 Å². The van der Waals surface area contributed by atoms with Gasteiger partial charge in [-0.25, -0.2) is 8.42 Å². The highest BCUT2D eigenvalue weighted by molar-refractivity contribution is 7.91. The molecule has 1 aromatic carbocycles. The van der Waals surface area contributed by atoms with E-state index in [9.17, 15) is 26.7 Å². The van der Waals surface area contributed by atoms with Crippen molar-refractivity contribution in [3.05, 3.63) is 47.3 Å². The van der Waals surface area contributed by atoms with E-state index < -0.39 is 21.8 Å². The summed E-state index contributed by atoms with van der Waals surface area (Å²) in [5.74, 6) is 0.510. The Balaban J connectivity index is 1.58. The molecule has 4 rings (SSSR count). The molecule has 1 aromatic heterocycles. The van der Waals surface area contributed by atoms with Gasteiger partial charge in [0.1, 0.15) is 4.21 Å². The Morgan fingerprint density at radius 3 is 2.32 bits per heavy atom. The van der Waals surface area contributed by atoms with Crippen molar-refractivity contribution in [2.75, 3.05) is 24.5 Å². The summed E-state index contributed by atoms with van der Waals surface area (Å²) in [7, 11) is -3.57. The Morgan fingerprint density at radius 2 is 1.74 bits per heavy atom. The van der Waals surface area contributed by atoms with Gasteiger partial charge in [-0.3, -0.25) is 0 Å². The highest BCUT2D eigenvalue weighted by atomic mass is 32.2. The lowest BCUT2D eigenvalue weighted by atomic mass is 9.84. The summed E-state index contributed by atoms with van der Waals surface area (Å²) in [5.41, 5.74) is -2.40. The number of sulfonamides is 1. The summed E-state index contributed by atoms with van der Waals surface area (Å²) >= 11 is 1.20. The van der Waals surface area contributed by atoms with Gasteiger partial charge in [-0.1, -0.05) is 50.3 Å². The van der Waals surface area contributed by atoms with Crippen LogP contribution in [-0.2, 0) is 15.6 Å². The Labute approximate surface area is 203 Å². The number of rotatable bonds is 6. The molecule has 2 atom stereocenters. The van der Waals surface area contributed by atoms with Crippen molar-refractivity contribution in [3.8, 4) is 0 Å². The van der Waals surface area contributed by atoms with Crippen molar-refractivity contribution in [1.29, 1.82) is 0 Å². The molecular formula is C24H31F3N2O3S2. The summed E-state index contributed by atoms with van der Waals surface area (Å²) in [5, 5.41) is 11.7. The number of aliphatic hydroxyl groups is 1. The predicted octanol–water partition coefficient (Wildman–Crippen LogP) is 5.37. The average molecular weight is 517 g/mol. The fourth-order valence-electron chi connectivity index (χ4n) is 5.07. The number of benzene rings is 1. The molecule has 2 aliphatic rings. The number of thiophene rings is 1. The number of nitrogens with zero attached hydrogens (tertiary/aromatic N) is 2. The molecule has 10 heteroatoms. The Hall–Kier alpha value is -1.62. The van der Waals surface area contributed by atoms with Gasteiger partial charge in [0.15, 0.2) is 5.60 Å². The van der Waals surface area contributed by atoms with Gasteiger partial charge in [0.25, 0.3) is 10.0 Å². The first kappa shape index (κ1) is 25.5. The van der Waals surface area contributed by atoms with Crippen LogP contribution >= 0.6 is 11.3 Å². The van der Waals surface area contributed by atoms with E-state index in [-0.39, 0.29) is 11.6 Å². The van der Waals surface area contributed by atoms with Gasteiger partial charge in [0, 0.05) is 31.4 Å². The van der Waals surface area contributed by atoms with Gasteiger partial charge in [-0.15, -0.1) is 11.3 Å². The molecule has 0 bridgehead atoms. The lowest BCUT2D eigenvalue weighted by molar-refractivity contribution is -0.258. The quantitative estimate of drug-likeness (QED) is 0.561. The third-order valence-corrected chi connectivity index (χ3v) is 10.4. The third kappa shape index (κ3) is 5.15. The number of hydrogen-bond acceptors (Lipinski definition) is 5. The monoisotopic (exact) mass is 516 g/mol. The second kappa shape index (κ2) is 9.79. The molecule has 0 amide bonds. The van der Waals surface area contributed by atoms with E-state index in [1.54, 1.807) is 34.0 Å². The molecule has 5 nitrogen and oxygen atoms in total. The van der Waals surface area contributed by atoms with Crippen LogP contribution in [0, 0.1) is 5.92 Å². The lowest BCUT2D eigenvalue weighted by Crippen LogP contribution is -2.55. The summed E-state index contributed by atoms with van der Waals surface area (Å²) in [6, 6.07) is 9.11. The van der Waals surface area contributed by atoms with E-state index in [0.29, 0.717) is 29.8 Å². The molecule has 1 saturated heterocycles. The SMILES string of the molecule is C[C@](O)(c1ccc(N2CCN(S(=O)(=O)c3cccs3)C[C@H]2CC2CCCCC2)cc1)C(F)(F)F. The van der Waals surface area contributed by atoms with Gasteiger partial charge in [0.2, 0.25) is 0 Å².